The molecule has 0 aliphatic heterocycles. The van der Waals surface area contributed by atoms with Gasteiger partial charge in [0, 0.05) is 12.0 Å². The molecule has 1 N–H and O–H groups in total. The van der Waals surface area contributed by atoms with E-state index in [0.717, 1.165) is 5.56 Å². The van der Waals surface area contributed by atoms with Gasteiger partial charge in [-0.3, -0.25) is 9.69 Å². The van der Waals surface area contributed by atoms with Crippen molar-refractivity contribution in [1.29, 1.82) is 0 Å². The molecular weight excluding hydrogens is 268 g/mol. The number of hydrogen-bond acceptors (Lipinski definition) is 4. The Labute approximate surface area is 126 Å². The predicted molar refractivity (Wildman–Crippen MR) is 82.0 cm³/mol. The van der Waals surface area contributed by atoms with Crippen molar-refractivity contribution in [2.24, 2.45) is 0 Å². The lowest BCUT2D eigenvalue weighted by atomic mass is 10.0. The van der Waals surface area contributed by atoms with Crippen molar-refractivity contribution in [3.05, 3.63) is 35.9 Å². The lowest BCUT2D eigenvalue weighted by Gasteiger charge is -2.35. The van der Waals surface area contributed by atoms with E-state index in [1.807, 2.05) is 51.1 Å². The molecule has 0 aromatic heterocycles. The fraction of sp³-hybridized carbons (Fsp3) is 0.500. The third kappa shape index (κ3) is 5.19. The fourth-order valence-electron chi connectivity index (χ4n) is 1.84. The minimum Gasteiger partial charge on any atom is -0.420 e. The summed E-state index contributed by atoms with van der Waals surface area (Å²) < 4.78 is 5.44. The molecule has 0 bridgehead atoms. The van der Waals surface area contributed by atoms with E-state index in [2.05, 4.69) is 5.32 Å². The number of nitrogens with zero attached hydrogens (tertiary/aromatic N) is 1. The molecule has 0 aliphatic carbocycles. The zero-order valence-corrected chi connectivity index (χ0v) is 13.3. The highest BCUT2D eigenvalue weighted by Crippen LogP contribution is 2.19. The van der Waals surface area contributed by atoms with Crippen LogP contribution in [0.5, 0.6) is 0 Å². The van der Waals surface area contributed by atoms with Crippen LogP contribution in [0.1, 0.15) is 26.3 Å². The number of ether oxygens (including phenoxy) is 1. The third-order valence-corrected chi connectivity index (χ3v) is 2.99. The minimum absolute atomic E-state index is 0.294. The van der Waals surface area contributed by atoms with Gasteiger partial charge in [-0.05, 0) is 40.4 Å². The van der Waals surface area contributed by atoms with E-state index in [4.69, 9.17) is 4.74 Å². The molecule has 0 aliphatic rings. The first kappa shape index (κ1) is 17.2. The largest absolute Gasteiger partial charge is 0.420 e. The average molecular weight is 292 g/mol. The van der Waals surface area contributed by atoms with Crippen molar-refractivity contribution in [3.8, 4) is 0 Å². The molecule has 5 heteroatoms. The van der Waals surface area contributed by atoms with E-state index in [0.29, 0.717) is 12.7 Å². The van der Waals surface area contributed by atoms with Crippen LogP contribution in [0.4, 0.5) is 4.79 Å². The van der Waals surface area contributed by atoms with Crippen molar-refractivity contribution >= 4 is 12.4 Å². The molecule has 0 radical (unpaired) electrons. The zero-order valence-electron chi connectivity index (χ0n) is 13.3. The monoisotopic (exact) mass is 292 g/mol. The number of amides is 1. The van der Waals surface area contributed by atoms with Gasteiger partial charge in [0.05, 0.1) is 0 Å². The molecule has 0 saturated carbocycles. The summed E-state index contributed by atoms with van der Waals surface area (Å²) in [7, 11) is 3.42. The van der Waals surface area contributed by atoms with Crippen LogP contribution in [-0.2, 0) is 16.0 Å². The van der Waals surface area contributed by atoms with Gasteiger partial charge in [-0.2, -0.15) is 0 Å². The average Bonchev–Trinajstić information content (AvgIpc) is 2.36. The van der Waals surface area contributed by atoms with Crippen molar-refractivity contribution < 1.29 is 14.3 Å². The Morgan fingerprint density at radius 2 is 1.81 bits per heavy atom. The first-order valence-corrected chi connectivity index (χ1v) is 6.87. The van der Waals surface area contributed by atoms with E-state index in [1.54, 1.807) is 19.0 Å². The summed E-state index contributed by atoms with van der Waals surface area (Å²) in [6, 6.07) is 9.46. The normalized spacial score (nSPS) is 14.4. The Hall–Kier alpha value is -1.88. The van der Waals surface area contributed by atoms with E-state index in [1.165, 1.54) is 0 Å². The zero-order chi connectivity index (χ0) is 16.1. The maximum atomic E-state index is 12.0. The summed E-state index contributed by atoms with van der Waals surface area (Å²) in [4.78, 5) is 25.2. The number of hydrogen-bond donors (Lipinski definition) is 1. The van der Waals surface area contributed by atoms with E-state index in [9.17, 15) is 9.59 Å². The highest BCUT2D eigenvalue weighted by Gasteiger charge is 2.37. The predicted octanol–water partition coefficient (Wildman–Crippen LogP) is 2.21. The maximum absolute atomic E-state index is 12.0. The van der Waals surface area contributed by atoms with Crippen molar-refractivity contribution in [3.63, 3.8) is 0 Å². The number of benzene rings is 1. The molecule has 0 heterocycles. The van der Waals surface area contributed by atoms with Gasteiger partial charge in [0.15, 0.2) is 6.29 Å². The minimum atomic E-state index is -1.32. The summed E-state index contributed by atoms with van der Waals surface area (Å²) in [5.74, 6) is 0. The second-order valence-corrected chi connectivity index (χ2v) is 6.28. The van der Waals surface area contributed by atoms with Crippen LogP contribution in [0.25, 0.3) is 0 Å². The fourth-order valence-corrected chi connectivity index (χ4v) is 1.84. The lowest BCUT2D eigenvalue weighted by Crippen LogP contribution is -2.54. The van der Waals surface area contributed by atoms with Crippen LogP contribution in [0.15, 0.2) is 30.3 Å². The topological polar surface area (TPSA) is 58.6 Å². The molecule has 5 nitrogen and oxygen atoms in total. The molecule has 0 saturated heterocycles. The van der Waals surface area contributed by atoms with Crippen LogP contribution in [0.2, 0.25) is 0 Å². The van der Waals surface area contributed by atoms with Crippen molar-refractivity contribution in [2.45, 2.75) is 38.5 Å². The first-order chi connectivity index (χ1) is 9.68. The van der Waals surface area contributed by atoms with Gasteiger partial charge in [-0.15, -0.1) is 0 Å². The molecule has 1 amide bonds. The number of carbonyl (C=O) groups is 2. The van der Waals surface area contributed by atoms with Gasteiger partial charge in [0.2, 0.25) is 5.72 Å². The molecular formula is C16H24N2O3. The summed E-state index contributed by atoms with van der Waals surface area (Å²) in [6.45, 7) is 5.55. The SMILES string of the molecule is CN(C)C(C=O)(Cc1ccccc1)OC(=O)NC(C)(C)C. The molecule has 1 aromatic carbocycles. The molecule has 0 spiro atoms. The standard InChI is InChI=1S/C16H24N2O3/c1-15(2,3)17-14(20)21-16(12-19,18(4)5)11-13-9-7-6-8-10-13/h6-10,12H,11H2,1-5H3,(H,17,20). The Kier molecular flexibility index (Phi) is 5.49. The van der Waals surface area contributed by atoms with Gasteiger partial charge in [0.1, 0.15) is 0 Å². The number of nitrogens with one attached hydrogen (secondary N) is 1. The van der Waals surface area contributed by atoms with Gasteiger partial charge in [-0.25, -0.2) is 4.79 Å². The summed E-state index contributed by atoms with van der Waals surface area (Å²) in [5, 5.41) is 2.70. The summed E-state index contributed by atoms with van der Waals surface area (Å²) in [5.41, 5.74) is -0.830. The third-order valence-electron chi connectivity index (χ3n) is 2.99. The second kappa shape index (κ2) is 6.72. The molecule has 116 valence electrons. The van der Waals surface area contributed by atoms with Gasteiger partial charge in [0.25, 0.3) is 0 Å². The second-order valence-electron chi connectivity index (χ2n) is 6.28. The summed E-state index contributed by atoms with van der Waals surface area (Å²) in [6.07, 6.45) is 0.351. The Morgan fingerprint density at radius 3 is 2.24 bits per heavy atom. The van der Waals surface area contributed by atoms with Crippen LogP contribution in [0, 0.1) is 0 Å². The summed E-state index contributed by atoms with van der Waals surface area (Å²) >= 11 is 0. The molecule has 1 aromatic rings. The lowest BCUT2D eigenvalue weighted by molar-refractivity contribution is -0.142. The number of likely N-dealkylation sites (N-methyl/N-ethyl adjacent to an activating group) is 1. The smallest absolute Gasteiger partial charge is 0.409 e. The molecule has 1 rings (SSSR count). The number of carbonyl (C=O) groups excluding carboxylic acids is 2. The Balaban J connectivity index is 2.94. The van der Waals surface area contributed by atoms with Crippen LogP contribution in [-0.4, -0.2) is 42.6 Å². The highest BCUT2D eigenvalue weighted by atomic mass is 16.6. The Morgan fingerprint density at radius 1 is 1.24 bits per heavy atom. The highest BCUT2D eigenvalue weighted by molar-refractivity contribution is 5.74. The Bertz CT molecular complexity index is 480. The van der Waals surface area contributed by atoms with E-state index >= 15 is 0 Å². The quantitative estimate of drug-likeness (QED) is 0.668. The maximum Gasteiger partial charge on any atom is 0.409 e. The van der Waals surface area contributed by atoms with Crippen molar-refractivity contribution in [2.75, 3.05) is 14.1 Å². The van der Waals surface area contributed by atoms with Crippen LogP contribution < -0.4 is 5.32 Å². The van der Waals surface area contributed by atoms with E-state index < -0.39 is 17.4 Å². The van der Waals surface area contributed by atoms with Crippen LogP contribution in [0.3, 0.4) is 0 Å². The van der Waals surface area contributed by atoms with Gasteiger partial charge >= 0.3 is 6.09 Å². The molecule has 0 fully saturated rings. The van der Waals surface area contributed by atoms with Gasteiger partial charge < -0.3 is 10.1 Å². The van der Waals surface area contributed by atoms with Crippen molar-refractivity contribution in [1.82, 2.24) is 10.2 Å². The van der Waals surface area contributed by atoms with Crippen LogP contribution >= 0.6 is 0 Å². The number of rotatable bonds is 5. The van der Waals surface area contributed by atoms with Gasteiger partial charge in [-0.1, -0.05) is 30.3 Å². The van der Waals surface area contributed by atoms with E-state index in [-0.39, 0.29) is 0 Å². The molecule has 1 unspecified atom stereocenters. The molecule has 21 heavy (non-hydrogen) atoms. The first-order valence-electron chi connectivity index (χ1n) is 6.87. The number of aldehydes is 1. The molecule has 1 atom stereocenters. The number of alkyl carbamates (subject to hydrolysis) is 1.